The van der Waals surface area contributed by atoms with Crippen LogP contribution in [0.4, 0.5) is 0 Å². The Morgan fingerprint density at radius 2 is 1.94 bits per heavy atom. The highest BCUT2D eigenvalue weighted by Crippen LogP contribution is 2.34. The Morgan fingerprint density at radius 3 is 2.69 bits per heavy atom. The molecule has 5 rings (SSSR count). The number of hydrogen-bond donors (Lipinski definition) is 1. The highest BCUT2D eigenvalue weighted by atomic mass is 16.5. The molecule has 8 nitrogen and oxygen atoms in total. The van der Waals surface area contributed by atoms with Gasteiger partial charge in [0.15, 0.2) is 5.58 Å². The van der Waals surface area contributed by atoms with Gasteiger partial charge in [0.25, 0.3) is 5.91 Å². The number of methoxy groups -OCH3 is 2. The van der Waals surface area contributed by atoms with E-state index in [1.54, 1.807) is 31.4 Å². The van der Waals surface area contributed by atoms with Crippen molar-refractivity contribution in [2.45, 2.75) is 63.6 Å². The second kappa shape index (κ2) is 9.32. The van der Waals surface area contributed by atoms with Crippen molar-refractivity contribution in [2.24, 2.45) is 0 Å². The molecule has 2 aromatic heterocycles. The number of benzene rings is 1. The quantitative estimate of drug-likeness (QED) is 0.550. The zero-order chi connectivity index (χ0) is 24.6. The Kier molecular flexibility index (Phi) is 6.21. The highest BCUT2D eigenvalue weighted by molar-refractivity contribution is 6.03. The number of carbonyl (C=O) groups excluding carboxylic acids is 2. The standard InChI is InChI=1S/C27H33N3O5/c1-27(26(32)28-19-7-5-4-6-8-19)17-29-21-12-14-35-24(21)16-22(29)25(31)30(27)13-11-18-15-20(33-2)9-10-23(18)34-3/h9-10,12,14-16,19H,4-8,11,13,17H2,1-3H3,(H,28,32). The van der Waals surface area contributed by atoms with Gasteiger partial charge in [0.2, 0.25) is 5.91 Å². The monoisotopic (exact) mass is 479 g/mol. The summed E-state index contributed by atoms with van der Waals surface area (Å²) < 4.78 is 18.4. The van der Waals surface area contributed by atoms with E-state index in [1.165, 1.54) is 6.42 Å². The summed E-state index contributed by atoms with van der Waals surface area (Å²) in [5.74, 6) is 1.17. The summed E-state index contributed by atoms with van der Waals surface area (Å²) in [6, 6.07) is 9.40. The molecule has 1 aromatic carbocycles. The molecule has 3 heterocycles. The van der Waals surface area contributed by atoms with Crippen LogP contribution in [0, 0.1) is 0 Å². The highest BCUT2D eigenvalue weighted by Gasteiger charge is 2.48. The van der Waals surface area contributed by atoms with E-state index in [1.807, 2.05) is 35.8 Å². The van der Waals surface area contributed by atoms with Crippen molar-refractivity contribution in [3.05, 3.63) is 47.9 Å². The first kappa shape index (κ1) is 23.3. The van der Waals surface area contributed by atoms with Gasteiger partial charge in [0.05, 0.1) is 32.5 Å². The summed E-state index contributed by atoms with van der Waals surface area (Å²) in [7, 11) is 3.25. The fourth-order valence-electron chi connectivity index (χ4n) is 5.52. The van der Waals surface area contributed by atoms with Gasteiger partial charge >= 0.3 is 0 Å². The molecule has 2 aliphatic rings. The first-order valence-electron chi connectivity index (χ1n) is 12.3. The first-order valence-corrected chi connectivity index (χ1v) is 12.3. The summed E-state index contributed by atoms with van der Waals surface area (Å²) in [5, 5.41) is 3.27. The number of carbonyl (C=O) groups is 2. The van der Waals surface area contributed by atoms with Gasteiger partial charge < -0.3 is 28.7 Å². The van der Waals surface area contributed by atoms with Gasteiger partial charge in [-0.05, 0) is 49.9 Å². The van der Waals surface area contributed by atoms with Gasteiger partial charge in [-0.25, -0.2) is 0 Å². The van der Waals surface area contributed by atoms with Crippen LogP contribution >= 0.6 is 0 Å². The van der Waals surface area contributed by atoms with Crippen molar-refractivity contribution in [2.75, 3.05) is 20.8 Å². The van der Waals surface area contributed by atoms with E-state index in [4.69, 9.17) is 13.9 Å². The average molecular weight is 480 g/mol. The molecule has 1 aliphatic carbocycles. The van der Waals surface area contributed by atoms with E-state index in [0.717, 1.165) is 48.3 Å². The molecule has 1 unspecified atom stereocenters. The molecule has 1 fully saturated rings. The van der Waals surface area contributed by atoms with Gasteiger partial charge in [-0.1, -0.05) is 19.3 Å². The third-order valence-electron chi connectivity index (χ3n) is 7.57. The van der Waals surface area contributed by atoms with Gasteiger partial charge in [0.1, 0.15) is 22.7 Å². The molecule has 3 aromatic rings. The topological polar surface area (TPSA) is 85.9 Å². The van der Waals surface area contributed by atoms with Gasteiger partial charge in [-0.2, -0.15) is 0 Å². The summed E-state index contributed by atoms with van der Waals surface area (Å²) in [5.41, 5.74) is 1.90. The van der Waals surface area contributed by atoms with E-state index in [2.05, 4.69) is 5.32 Å². The van der Waals surface area contributed by atoms with E-state index >= 15 is 0 Å². The predicted octanol–water partition coefficient (Wildman–Crippen LogP) is 4.16. The Labute approximate surface area is 205 Å². The van der Waals surface area contributed by atoms with Gasteiger partial charge in [-0.3, -0.25) is 9.59 Å². The average Bonchev–Trinajstić information content (AvgIpc) is 3.47. The largest absolute Gasteiger partial charge is 0.497 e. The Bertz CT molecular complexity index is 1240. The molecule has 1 N–H and O–H groups in total. The Hall–Kier alpha value is -3.42. The molecule has 1 saturated carbocycles. The molecule has 0 bridgehead atoms. The third kappa shape index (κ3) is 4.15. The molecule has 2 amide bonds. The summed E-state index contributed by atoms with van der Waals surface area (Å²) in [6.45, 7) is 2.61. The molecule has 35 heavy (non-hydrogen) atoms. The second-order valence-electron chi connectivity index (χ2n) is 9.75. The van der Waals surface area contributed by atoms with Crippen LogP contribution in [0.5, 0.6) is 11.5 Å². The van der Waals surface area contributed by atoms with Crippen LogP contribution < -0.4 is 14.8 Å². The van der Waals surface area contributed by atoms with Gasteiger partial charge in [-0.15, -0.1) is 0 Å². The van der Waals surface area contributed by atoms with Crippen LogP contribution in [0.3, 0.4) is 0 Å². The molecule has 186 valence electrons. The fraction of sp³-hybridized carbons (Fsp3) is 0.481. The molecule has 0 saturated heterocycles. The Balaban J connectivity index is 1.48. The smallest absolute Gasteiger partial charge is 0.271 e. The maximum atomic E-state index is 13.8. The zero-order valence-corrected chi connectivity index (χ0v) is 20.6. The van der Waals surface area contributed by atoms with Crippen molar-refractivity contribution >= 4 is 22.9 Å². The SMILES string of the molecule is COc1ccc(OC)c(CCN2C(=O)c3cc4occc4n3CC2(C)C(=O)NC2CCCCC2)c1. The second-order valence-corrected chi connectivity index (χ2v) is 9.75. The number of nitrogens with zero attached hydrogens (tertiary/aromatic N) is 2. The predicted molar refractivity (Wildman–Crippen MR) is 132 cm³/mol. The van der Waals surface area contributed by atoms with E-state index in [-0.39, 0.29) is 17.9 Å². The lowest BCUT2D eigenvalue weighted by atomic mass is 9.91. The zero-order valence-electron chi connectivity index (χ0n) is 20.6. The normalized spacial score (nSPS) is 20.7. The van der Waals surface area contributed by atoms with Crippen molar-refractivity contribution in [1.82, 2.24) is 14.8 Å². The lowest BCUT2D eigenvalue weighted by molar-refractivity contribution is -0.133. The summed E-state index contributed by atoms with van der Waals surface area (Å²) >= 11 is 0. The maximum absolute atomic E-state index is 13.8. The minimum Gasteiger partial charge on any atom is -0.497 e. The number of aromatic nitrogens is 1. The van der Waals surface area contributed by atoms with E-state index < -0.39 is 5.54 Å². The molecule has 1 aliphatic heterocycles. The van der Waals surface area contributed by atoms with Crippen LogP contribution in [0.1, 0.15) is 55.1 Å². The van der Waals surface area contributed by atoms with Crippen molar-refractivity contribution in [3.8, 4) is 11.5 Å². The summed E-state index contributed by atoms with van der Waals surface area (Å²) in [4.78, 5) is 29.3. The van der Waals surface area contributed by atoms with Crippen molar-refractivity contribution < 1.29 is 23.5 Å². The fourth-order valence-corrected chi connectivity index (χ4v) is 5.52. The molecule has 0 spiro atoms. The lowest BCUT2D eigenvalue weighted by Crippen LogP contribution is -2.65. The van der Waals surface area contributed by atoms with E-state index in [9.17, 15) is 9.59 Å². The maximum Gasteiger partial charge on any atom is 0.271 e. The van der Waals surface area contributed by atoms with Crippen LogP contribution in [0.2, 0.25) is 0 Å². The molecule has 1 atom stereocenters. The third-order valence-corrected chi connectivity index (χ3v) is 7.57. The number of nitrogens with one attached hydrogen (secondary N) is 1. The van der Waals surface area contributed by atoms with Crippen LogP contribution in [0.25, 0.3) is 11.1 Å². The number of ether oxygens (including phenoxy) is 2. The molecular weight excluding hydrogens is 446 g/mol. The first-order chi connectivity index (χ1) is 16.9. The van der Waals surface area contributed by atoms with Crippen LogP contribution in [-0.2, 0) is 17.8 Å². The molecule has 0 radical (unpaired) electrons. The van der Waals surface area contributed by atoms with Crippen molar-refractivity contribution in [3.63, 3.8) is 0 Å². The van der Waals surface area contributed by atoms with Crippen molar-refractivity contribution in [1.29, 1.82) is 0 Å². The minimum atomic E-state index is -1.04. The van der Waals surface area contributed by atoms with Crippen LogP contribution in [-0.4, -0.2) is 53.6 Å². The number of amides is 2. The van der Waals surface area contributed by atoms with Gasteiger partial charge in [0, 0.05) is 24.7 Å². The van der Waals surface area contributed by atoms with E-state index in [0.29, 0.717) is 30.8 Å². The van der Waals surface area contributed by atoms with Crippen LogP contribution in [0.15, 0.2) is 41.0 Å². The number of furan rings is 1. The summed E-state index contributed by atoms with van der Waals surface area (Å²) in [6.07, 6.45) is 7.56. The Morgan fingerprint density at radius 1 is 1.14 bits per heavy atom. The number of fused-ring (bicyclic) bond motifs is 3. The molecule has 8 heteroatoms. The minimum absolute atomic E-state index is 0.105. The number of rotatable bonds is 7. The molecular formula is C27H33N3O5. The lowest BCUT2D eigenvalue weighted by Gasteiger charge is -2.45. The number of hydrogen-bond acceptors (Lipinski definition) is 5.